The predicted molar refractivity (Wildman–Crippen MR) is 126 cm³/mol. The summed E-state index contributed by atoms with van der Waals surface area (Å²) in [5, 5.41) is 5.73. The van der Waals surface area contributed by atoms with Crippen LogP contribution < -0.4 is 10.9 Å². The van der Waals surface area contributed by atoms with Gasteiger partial charge in [-0.05, 0) is 42.5 Å². The number of carbonyl (C=O) groups excluding carboxylic acids is 2. The molecule has 1 aromatic carbocycles. The van der Waals surface area contributed by atoms with E-state index in [0.717, 1.165) is 6.42 Å². The molecular weight excluding hydrogens is 450 g/mol. The van der Waals surface area contributed by atoms with Crippen LogP contribution in [0.4, 0.5) is 0 Å². The maximum atomic E-state index is 13.1. The van der Waals surface area contributed by atoms with Crippen molar-refractivity contribution in [3.63, 3.8) is 0 Å². The van der Waals surface area contributed by atoms with Crippen LogP contribution in [0.3, 0.4) is 0 Å². The molecule has 0 aliphatic carbocycles. The predicted octanol–water partition coefficient (Wildman–Crippen LogP) is 2.73. The molecule has 0 aliphatic heterocycles. The van der Waals surface area contributed by atoms with Crippen LogP contribution in [0.15, 0.2) is 45.7 Å². The van der Waals surface area contributed by atoms with Crippen molar-refractivity contribution < 1.29 is 19.1 Å². The van der Waals surface area contributed by atoms with Crippen molar-refractivity contribution in [2.24, 2.45) is 0 Å². The molecule has 170 valence electrons. The molecule has 2 heterocycles. The third-order valence-electron chi connectivity index (χ3n) is 4.68. The van der Waals surface area contributed by atoms with Crippen molar-refractivity contribution in [3.05, 3.63) is 56.5 Å². The number of thiophene rings is 1. The Labute approximate surface area is 193 Å². The summed E-state index contributed by atoms with van der Waals surface area (Å²) in [5.74, 6) is -0.506. The van der Waals surface area contributed by atoms with Gasteiger partial charge >= 0.3 is 5.97 Å². The first-order valence-corrected chi connectivity index (χ1v) is 11.9. The zero-order valence-corrected chi connectivity index (χ0v) is 19.6. The van der Waals surface area contributed by atoms with Crippen molar-refractivity contribution in [1.29, 1.82) is 0 Å². The summed E-state index contributed by atoms with van der Waals surface area (Å²) in [6.07, 6.45) is 1.41. The molecule has 8 nitrogen and oxygen atoms in total. The molecule has 0 bridgehead atoms. The molecule has 0 atom stereocenters. The molecule has 1 amide bonds. The summed E-state index contributed by atoms with van der Waals surface area (Å²) in [7, 11) is 2.90. The van der Waals surface area contributed by atoms with E-state index in [-0.39, 0.29) is 17.2 Å². The van der Waals surface area contributed by atoms with Crippen molar-refractivity contribution in [2.45, 2.75) is 24.5 Å². The molecule has 10 heteroatoms. The van der Waals surface area contributed by atoms with Crippen LogP contribution in [0.5, 0.6) is 0 Å². The highest BCUT2D eigenvalue weighted by molar-refractivity contribution is 7.99. The monoisotopic (exact) mass is 475 g/mol. The van der Waals surface area contributed by atoms with Gasteiger partial charge in [-0.3, -0.25) is 14.2 Å². The van der Waals surface area contributed by atoms with Gasteiger partial charge in [-0.2, -0.15) is 0 Å². The van der Waals surface area contributed by atoms with Gasteiger partial charge in [0.15, 0.2) is 5.16 Å². The minimum atomic E-state index is -0.503. The fraction of sp³-hybridized carbons (Fsp3) is 0.364. The molecule has 1 N–H and O–H groups in total. The Morgan fingerprint density at radius 2 is 2.09 bits per heavy atom. The van der Waals surface area contributed by atoms with Gasteiger partial charge in [-0.1, -0.05) is 17.8 Å². The standard InChI is InChI=1S/C22H25N3O5S2/c1-29-11-4-10-25-20(27)17-7-6-15(21(28)30-2)13-18(17)24-22(25)32-14-19(26)23-9-8-16-5-3-12-31-16/h3,5-7,12-13H,4,8-11,14H2,1-2H3,(H,23,26). The Kier molecular flexibility index (Phi) is 8.83. The van der Waals surface area contributed by atoms with E-state index in [0.29, 0.717) is 47.7 Å². The molecule has 0 fully saturated rings. The first kappa shape index (κ1) is 24.0. The average molecular weight is 476 g/mol. The van der Waals surface area contributed by atoms with E-state index in [4.69, 9.17) is 9.47 Å². The van der Waals surface area contributed by atoms with Gasteiger partial charge in [0.05, 0.1) is 29.3 Å². The Morgan fingerprint density at radius 3 is 2.81 bits per heavy atom. The molecule has 0 aliphatic rings. The van der Waals surface area contributed by atoms with Crippen molar-refractivity contribution >= 4 is 45.9 Å². The van der Waals surface area contributed by atoms with E-state index in [2.05, 4.69) is 10.3 Å². The van der Waals surface area contributed by atoms with Gasteiger partial charge < -0.3 is 14.8 Å². The van der Waals surface area contributed by atoms with Crippen molar-refractivity contribution in [1.82, 2.24) is 14.9 Å². The number of methoxy groups -OCH3 is 2. The topological polar surface area (TPSA) is 99.5 Å². The number of nitrogens with one attached hydrogen (secondary N) is 1. The van der Waals surface area contributed by atoms with Gasteiger partial charge in [0.25, 0.3) is 5.56 Å². The number of nitrogens with zero attached hydrogens (tertiary/aromatic N) is 2. The quantitative estimate of drug-likeness (QED) is 0.197. The second-order valence-electron chi connectivity index (χ2n) is 6.89. The summed E-state index contributed by atoms with van der Waals surface area (Å²) in [5.41, 5.74) is 0.482. The second-order valence-corrected chi connectivity index (χ2v) is 8.86. The van der Waals surface area contributed by atoms with Crippen LogP contribution in [0.1, 0.15) is 21.7 Å². The highest BCUT2D eigenvalue weighted by atomic mass is 32.2. The van der Waals surface area contributed by atoms with Crippen LogP contribution in [0.25, 0.3) is 10.9 Å². The summed E-state index contributed by atoms with van der Waals surface area (Å²) in [6.45, 7) is 1.46. The van der Waals surface area contributed by atoms with Crippen LogP contribution >= 0.6 is 23.1 Å². The number of hydrogen-bond donors (Lipinski definition) is 1. The van der Waals surface area contributed by atoms with E-state index in [1.165, 1.54) is 29.8 Å². The Bertz CT molecular complexity index is 1130. The van der Waals surface area contributed by atoms with Crippen LogP contribution in [-0.2, 0) is 27.2 Å². The number of fused-ring (bicyclic) bond motifs is 1. The normalized spacial score (nSPS) is 10.9. The van der Waals surface area contributed by atoms with E-state index < -0.39 is 5.97 Å². The molecule has 2 aromatic heterocycles. The fourth-order valence-corrected chi connectivity index (χ4v) is 4.65. The third-order valence-corrected chi connectivity index (χ3v) is 6.59. The Balaban J connectivity index is 1.78. The van der Waals surface area contributed by atoms with Crippen LogP contribution in [-0.4, -0.2) is 54.6 Å². The van der Waals surface area contributed by atoms with Crippen molar-refractivity contribution in [2.75, 3.05) is 33.1 Å². The number of esters is 1. The fourth-order valence-electron chi connectivity index (χ4n) is 3.08. The minimum Gasteiger partial charge on any atom is -0.465 e. The molecule has 0 unspecified atom stereocenters. The van der Waals surface area contributed by atoms with Gasteiger partial charge in [0.2, 0.25) is 5.91 Å². The average Bonchev–Trinajstić information content (AvgIpc) is 3.32. The zero-order valence-electron chi connectivity index (χ0n) is 18.0. The SMILES string of the molecule is COCCCn1c(SCC(=O)NCCc2cccs2)nc2cc(C(=O)OC)ccc2c1=O. The minimum absolute atomic E-state index is 0.128. The number of thioether (sulfide) groups is 1. The lowest BCUT2D eigenvalue weighted by Crippen LogP contribution is -2.28. The molecule has 0 spiro atoms. The second kappa shape index (κ2) is 11.8. The first-order chi connectivity index (χ1) is 15.5. The highest BCUT2D eigenvalue weighted by Crippen LogP contribution is 2.19. The van der Waals surface area contributed by atoms with Crippen LogP contribution in [0.2, 0.25) is 0 Å². The zero-order chi connectivity index (χ0) is 22.9. The highest BCUT2D eigenvalue weighted by Gasteiger charge is 2.15. The Morgan fingerprint density at radius 1 is 1.25 bits per heavy atom. The molecule has 0 saturated carbocycles. The van der Waals surface area contributed by atoms with Gasteiger partial charge in [0, 0.05) is 31.7 Å². The lowest BCUT2D eigenvalue weighted by atomic mass is 10.1. The smallest absolute Gasteiger partial charge is 0.337 e. The van der Waals surface area contributed by atoms with E-state index in [1.807, 2.05) is 17.5 Å². The molecule has 0 radical (unpaired) electrons. The lowest BCUT2D eigenvalue weighted by Gasteiger charge is -2.13. The summed E-state index contributed by atoms with van der Waals surface area (Å²) < 4.78 is 11.4. The van der Waals surface area contributed by atoms with Crippen LogP contribution in [0, 0.1) is 0 Å². The molecule has 32 heavy (non-hydrogen) atoms. The first-order valence-electron chi connectivity index (χ1n) is 10.1. The third kappa shape index (κ3) is 6.18. The summed E-state index contributed by atoms with van der Waals surface area (Å²) in [4.78, 5) is 43.1. The van der Waals surface area contributed by atoms with Crippen molar-refractivity contribution in [3.8, 4) is 0 Å². The van der Waals surface area contributed by atoms with E-state index in [9.17, 15) is 14.4 Å². The van der Waals surface area contributed by atoms with E-state index in [1.54, 1.807) is 35.1 Å². The van der Waals surface area contributed by atoms with Gasteiger partial charge in [-0.25, -0.2) is 9.78 Å². The maximum absolute atomic E-state index is 13.1. The molecular formula is C22H25N3O5S2. The molecule has 3 rings (SSSR count). The molecule has 0 saturated heterocycles. The van der Waals surface area contributed by atoms with Gasteiger partial charge in [-0.15, -0.1) is 11.3 Å². The van der Waals surface area contributed by atoms with E-state index >= 15 is 0 Å². The number of hydrogen-bond acceptors (Lipinski definition) is 8. The maximum Gasteiger partial charge on any atom is 0.337 e. The molecule has 3 aromatic rings. The number of amides is 1. The summed E-state index contributed by atoms with van der Waals surface area (Å²) in [6, 6.07) is 8.68. The number of benzene rings is 1. The number of rotatable bonds is 11. The Hall–Kier alpha value is -2.69. The number of aromatic nitrogens is 2. The lowest BCUT2D eigenvalue weighted by molar-refractivity contribution is -0.118. The number of carbonyl (C=O) groups is 2. The largest absolute Gasteiger partial charge is 0.465 e. The van der Waals surface area contributed by atoms with Gasteiger partial charge in [0.1, 0.15) is 0 Å². The number of ether oxygens (including phenoxy) is 2. The summed E-state index contributed by atoms with van der Waals surface area (Å²) >= 11 is 2.85.